The molecule has 1 heterocycles. The quantitative estimate of drug-likeness (QED) is 0.891. The van der Waals surface area contributed by atoms with Crippen LogP contribution in [0.3, 0.4) is 0 Å². The Hall–Kier alpha value is -1.75. The van der Waals surface area contributed by atoms with Crippen molar-refractivity contribution in [3.8, 4) is 5.75 Å². The second-order valence-electron chi connectivity index (χ2n) is 5.25. The van der Waals surface area contributed by atoms with Crippen LogP contribution >= 0.6 is 0 Å². The number of ether oxygens (including phenoxy) is 1. The molecule has 1 aromatic carbocycles. The first-order valence-corrected chi connectivity index (χ1v) is 6.95. The molecule has 1 fully saturated rings. The fourth-order valence-corrected chi connectivity index (χ4v) is 2.46. The van der Waals surface area contributed by atoms with Crippen molar-refractivity contribution in [3.05, 3.63) is 23.8 Å². The molecule has 2 amide bonds. The normalized spacial score (nSPS) is 18.8. The molecule has 1 saturated heterocycles. The maximum absolute atomic E-state index is 12.3. The van der Waals surface area contributed by atoms with E-state index < -0.39 is 0 Å². The number of anilines is 1. The van der Waals surface area contributed by atoms with Crippen LogP contribution in [0.1, 0.15) is 18.4 Å². The van der Waals surface area contributed by atoms with Gasteiger partial charge in [0.25, 0.3) is 0 Å². The lowest BCUT2D eigenvalue weighted by atomic mass is 9.99. The monoisotopic (exact) mass is 278 g/mol. The highest BCUT2D eigenvalue weighted by Crippen LogP contribution is 2.23. The van der Waals surface area contributed by atoms with Crippen LogP contribution in [-0.2, 0) is 0 Å². The van der Waals surface area contributed by atoms with Crippen LogP contribution in [0.2, 0.25) is 0 Å². The van der Waals surface area contributed by atoms with Gasteiger partial charge in [-0.1, -0.05) is 6.07 Å². The van der Waals surface area contributed by atoms with Crippen LogP contribution in [0.4, 0.5) is 10.5 Å². The maximum atomic E-state index is 12.3. The van der Waals surface area contributed by atoms with Crippen molar-refractivity contribution in [2.75, 3.05) is 32.1 Å². The van der Waals surface area contributed by atoms with E-state index in [2.05, 4.69) is 5.32 Å². The summed E-state index contributed by atoms with van der Waals surface area (Å²) in [6.45, 7) is 3.44. The molecule has 0 unspecified atom stereocenters. The van der Waals surface area contributed by atoms with Gasteiger partial charge in [0.1, 0.15) is 5.75 Å². The van der Waals surface area contributed by atoms with Gasteiger partial charge in [0, 0.05) is 31.5 Å². The van der Waals surface area contributed by atoms with E-state index in [9.17, 15) is 9.90 Å². The fraction of sp³-hybridized carbons (Fsp3) is 0.533. The first-order chi connectivity index (χ1) is 9.63. The van der Waals surface area contributed by atoms with E-state index in [0.29, 0.717) is 6.54 Å². The Bertz CT molecular complexity index is 476. The second-order valence-corrected chi connectivity index (χ2v) is 5.25. The number of carbonyl (C=O) groups is 1. The van der Waals surface area contributed by atoms with E-state index in [4.69, 9.17) is 4.74 Å². The summed E-state index contributed by atoms with van der Waals surface area (Å²) in [4.78, 5) is 14.0. The number of benzene rings is 1. The van der Waals surface area contributed by atoms with Gasteiger partial charge < -0.3 is 20.1 Å². The van der Waals surface area contributed by atoms with Crippen LogP contribution in [-0.4, -0.2) is 42.8 Å². The molecule has 1 aromatic rings. The average Bonchev–Trinajstić information content (AvgIpc) is 2.49. The van der Waals surface area contributed by atoms with E-state index >= 15 is 0 Å². The minimum absolute atomic E-state index is 0.112. The number of nitrogens with one attached hydrogen (secondary N) is 1. The summed E-state index contributed by atoms with van der Waals surface area (Å²) >= 11 is 0. The molecule has 0 spiro atoms. The topological polar surface area (TPSA) is 61.8 Å². The number of hydrogen-bond donors (Lipinski definition) is 2. The molecule has 0 aromatic heterocycles. The molecule has 0 aliphatic carbocycles. The zero-order chi connectivity index (χ0) is 14.5. The standard InChI is InChI=1S/C15H22N2O3/c1-11-5-6-13(20-2)8-14(11)16-15(19)17-7-3-4-12(9-17)10-18/h5-6,8,12,18H,3-4,7,9-10H2,1-2H3,(H,16,19)/t12-/m1/s1. The molecule has 0 bridgehead atoms. The Morgan fingerprint density at radius 3 is 3.05 bits per heavy atom. The molecule has 110 valence electrons. The van der Waals surface area contributed by atoms with Gasteiger partial charge in [-0.15, -0.1) is 0 Å². The Morgan fingerprint density at radius 2 is 2.35 bits per heavy atom. The highest BCUT2D eigenvalue weighted by molar-refractivity contribution is 5.90. The molecule has 20 heavy (non-hydrogen) atoms. The van der Waals surface area contributed by atoms with Gasteiger partial charge in [-0.05, 0) is 37.3 Å². The molecular weight excluding hydrogens is 256 g/mol. The van der Waals surface area contributed by atoms with Gasteiger partial charge in [0.2, 0.25) is 0 Å². The number of likely N-dealkylation sites (tertiary alicyclic amines) is 1. The average molecular weight is 278 g/mol. The van der Waals surface area contributed by atoms with Crippen molar-refractivity contribution < 1.29 is 14.6 Å². The minimum atomic E-state index is -0.112. The molecule has 5 heteroatoms. The van der Waals surface area contributed by atoms with E-state index in [0.717, 1.165) is 36.4 Å². The molecule has 1 aliphatic heterocycles. The summed E-state index contributed by atoms with van der Waals surface area (Å²) in [5, 5.41) is 12.1. The summed E-state index contributed by atoms with van der Waals surface area (Å²) in [7, 11) is 1.60. The van der Waals surface area contributed by atoms with Crippen molar-refractivity contribution in [1.29, 1.82) is 0 Å². The fourth-order valence-electron chi connectivity index (χ4n) is 2.46. The number of carbonyl (C=O) groups excluding carboxylic acids is 1. The number of aryl methyl sites for hydroxylation is 1. The number of aliphatic hydroxyl groups excluding tert-OH is 1. The van der Waals surface area contributed by atoms with Crippen molar-refractivity contribution in [2.45, 2.75) is 19.8 Å². The molecule has 1 aliphatic rings. The van der Waals surface area contributed by atoms with Gasteiger partial charge in [0.05, 0.1) is 7.11 Å². The third kappa shape index (κ3) is 3.42. The number of aliphatic hydroxyl groups is 1. The van der Waals surface area contributed by atoms with Crippen LogP contribution in [0.25, 0.3) is 0 Å². The third-order valence-electron chi connectivity index (χ3n) is 3.75. The summed E-state index contributed by atoms with van der Waals surface area (Å²) < 4.78 is 5.17. The smallest absolute Gasteiger partial charge is 0.321 e. The van der Waals surface area contributed by atoms with Crippen molar-refractivity contribution in [3.63, 3.8) is 0 Å². The molecule has 0 saturated carbocycles. The number of methoxy groups -OCH3 is 1. The van der Waals surface area contributed by atoms with Gasteiger partial charge >= 0.3 is 6.03 Å². The van der Waals surface area contributed by atoms with Crippen molar-refractivity contribution >= 4 is 11.7 Å². The Balaban J connectivity index is 2.03. The van der Waals surface area contributed by atoms with Gasteiger partial charge in [-0.2, -0.15) is 0 Å². The first kappa shape index (κ1) is 14.7. The van der Waals surface area contributed by atoms with Crippen LogP contribution in [0.5, 0.6) is 5.75 Å². The van der Waals surface area contributed by atoms with E-state index in [1.54, 1.807) is 12.0 Å². The van der Waals surface area contributed by atoms with Crippen molar-refractivity contribution in [1.82, 2.24) is 4.90 Å². The van der Waals surface area contributed by atoms with E-state index in [1.165, 1.54) is 0 Å². The zero-order valence-corrected chi connectivity index (χ0v) is 12.1. The lowest BCUT2D eigenvalue weighted by Crippen LogP contribution is -2.43. The summed E-state index contributed by atoms with van der Waals surface area (Å²) in [6, 6.07) is 5.50. The Kier molecular flexibility index (Phi) is 4.84. The van der Waals surface area contributed by atoms with Gasteiger partial charge in [-0.25, -0.2) is 4.79 Å². The molecule has 2 rings (SSSR count). The third-order valence-corrected chi connectivity index (χ3v) is 3.75. The first-order valence-electron chi connectivity index (χ1n) is 6.95. The minimum Gasteiger partial charge on any atom is -0.497 e. The van der Waals surface area contributed by atoms with E-state index in [-0.39, 0.29) is 18.6 Å². The number of rotatable bonds is 3. The molecule has 0 radical (unpaired) electrons. The highest BCUT2D eigenvalue weighted by atomic mass is 16.5. The zero-order valence-electron chi connectivity index (χ0n) is 12.1. The number of nitrogens with zero attached hydrogens (tertiary/aromatic N) is 1. The van der Waals surface area contributed by atoms with Crippen LogP contribution in [0, 0.1) is 12.8 Å². The Labute approximate surface area is 119 Å². The molecule has 2 N–H and O–H groups in total. The molecular formula is C15H22N2O3. The summed E-state index contributed by atoms with van der Waals surface area (Å²) in [5.41, 5.74) is 1.76. The second kappa shape index (κ2) is 6.61. The lowest BCUT2D eigenvalue weighted by Gasteiger charge is -2.32. The molecule has 5 nitrogen and oxygen atoms in total. The van der Waals surface area contributed by atoms with Crippen molar-refractivity contribution in [2.24, 2.45) is 5.92 Å². The number of urea groups is 1. The largest absolute Gasteiger partial charge is 0.497 e. The summed E-state index contributed by atoms with van der Waals surface area (Å²) in [6.07, 6.45) is 1.92. The highest BCUT2D eigenvalue weighted by Gasteiger charge is 2.23. The van der Waals surface area contributed by atoms with Crippen LogP contribution in [0.15, 0.2) is 18.2 Å². The summed E-state index contributed by atoms with van der Waals surface area (Å²) in [5.74, 6) is 0.915. The van der Waals surface area contributed by atoms with Crippen LogP contribution < -0.4 is 10.1 Å². The van der Waals surface area contributed by atoms with Gasteiger partial charge in [-0.3, -0.25) is 0 Å². The predicted molar refractivity (Wildman–Crippen MR) is 78.1 cm³/mol. The number of hydrogen-bond acceptors (Lipinski definition) is 3. The number of piperidine rings is 1. The van der Waals surface area contributed by atoms with E-state index in [1.807, 2.05) is 25.1 Å². The predicted octanol–water partition coefficient (Wildman–Crippen LogP) is 2.24. The number of amides is 2. The van der Waals surface area contributed by atoms with Gasteiger partial charge in [0.15, 0.2) is 0 Å². The lowest BCUT2D eigenvalue weighted by molar-refractivity contribution is 0.136. The maximum Gasteiger partial charge on any atom is 0.321 e. The Morgan fingerprint density at radius 1 is 1.55 bits per heavy atom. The SMILES string of the molecule is COc1ccc(C)c(NC(=O)N2CCC[C@@H](CO)C2)c1. The molecule has 1 atom stereocenters.